The Labute approximate surface area is 182 Å². The van der Waals surface area contributed by atoms with Crippen molar-refractivity contribution in [2.24, 2.45) is 0 Å². The molecule has 3 aromatic heterocycles. The van der Waals surface area contributed by atoms with Gasteiger partial charge in [-0.25, -0.2) is 9.97 Å². The monoisotopic (exact) mass is 437 g/mol. The van der Waals surface area contributed by atoms with E-state index in [0.29, 0.717) is 22.2 Å². The number of piperazine rings is 1. The van der Waals surface area contributed by atoms with E-state index in [-0.39, 0.29) is 5.56 Å². The first-order valence-electron chi connectivity index (χ1n) is 10.0. The molecule has 0 atom stereocenters. The summed E-state index contributed by atoms with van der Waals surface area (Å²) >= 11 is 1.46. The van der Waals surface area contributed by atoms with E-state index < -0.39 is 0 Å². The van der Waals surface area contributed by atoms with Crippen LogP contribution in [-0.2, 0) is 0 Å². The van der Waals surface area contributed by atoms with Gasteiger partial charge >= 0.3 is 0 Å². The highest BCUT2D eigenvalue weighted by Gasteiger charge is 2.18. The van der Waals surface area contributed by atoms with Crippen LogP contribution in [0, 0.1) is 6.92 Å². The molecule has 1 aliphatic heterocycles. The minimum atomic E-state index is -0.124. The van der Waals surface area contributed by atoms with Crippen LogP contribution in [0.3, 0.4) is 0 Å². The van der Waals surface area contributed by atoms with E-state index in [9.17, 15) is 4.79 Å². The Balaban J connectivity index is 1.47. The summed E-state index contributed by atoms with van der Waals surface area (Å²) in [7, 11) is 2.13. The Morgan fingerprint density at radius 1 is 1.03 bits per heavy atom. The first-order valence-corrected chi connectivity index (χ1v) is 10.8. The lowest BCUT2D eigenvalue weighted by Gasteiger charge is -2.33. The van der Waals surface area contributed by atoms with Gasteiger partial charge in [-0.3, -0.25) is 20.1 Å². The highest BCUT2D eigenvalue weighted by Crippen LogP contribution is 2.30. The molecule has 4 aromatic rings. The van der Waals surface area contributed by atoms with Crippen LogP contribution in [-0.4, -0.2) is 68.5 Å². The summed E-state index contributed by atoms with van der Waals surface area (Å²) in [5.74, 6) is 2.29. The first-order chi connectivity index (χ1) is 15.0. The summed E-state index contributed by atoms with van der Waals surface area (Å²) in [6.07, 6.45) is 0. The molecule has 0 radical (unpaired) electrons. The maximum atomic E-state index is 11.8. The normalized spacial score (nSPS) is 15.0. The fraction of sp³-hybridized carbons (Fsp3) is 0.300. The number of aromatic amines is 3. The van der Waals surface area contributed by atoms with E-state index in [4.69, 9.17) is 9.97 Å². The molecule has 31 heavy (non-hydrogen) atoms. The highest BCUT2D eigenvalue weighted by atomic mass is 32.2. The summed E-state index contributed by atoms with van der Waals surface area (Å²) in [6.45, 7) is 5.76. The van der Waals surface area contributed by atoms with Gasteiger partial charge in [-0.2, -0.15) is 5.10 Å². The molecule has 160 valence electrons. The molecular weight excluding hydrogens is 414 g/mol. The molecule has 4 N–H and O–H groups in total. The lowest BCUT2D eigenvalue weighted by atomic mass is 10.2. The van der Waals surface area contributed by atoms with Crippen molar-refractivity contribution in [2.75, 3.05) is 43.4 Å². The van der Waals surface area contributed by atoms with Gasteiger partial charge in [0, 0.05) is 48.9 Å². The van der Waals surface area contributed by atoms with Crippen molar-refractivity contribution in [3.63, 3.8) is 0 Å². The van der Waals surface area contributed by atoms with Gasteiger partial charge in [0.05, 0.1) is 10.9 Å². The van der Waals surface area contributed by atoms with Crippen LogP contribution in [0.4, 0.5) is 17.5 Å². The van der Waals surface area contributed by atoms with Gasteiger partial charge in [0.2, 0.25) is 0 Å². The molecule has 1 fully saturated rings. The maximum Gasteiger partial charge on any atom is 0.271 e. The van der Waals surface area contributed by atoms with Crippen molar-refractivity contribution in [1.29, 1.82) is 0 Å². The summed E-state index contributed by atoms with van der Waals surface area (Å²) < 4.78 is 0. The highest BCUT2D eigenvalue weighted by molar-refractivity contribution is 7.99. The number of benzene rings is 1. The molecular formula is C20H23N9OS. The summed E-state index contributed by atoms with van der Waals surface area (Å²) in [4.78, 5) is 26.8. The topological polar surface area (TPSA) is 122 Å². The van der Waals surface area contributed by atoms with Gasteiger partial charge in [0.25, 0.3) is 5.56 Å². The van der Waals surface area contributed by atoms with Crippen LogP contribution < -0.4 is 15.8 Å². The average molecular weight is 438 g/mol. The van der Waals surface area contributed by atoms with Gasteiger partial charge in [0.1, 0.15) is 11.6 Å². The molecule has 0 aliphatic carbocycles. The molecule has 1 aliphatic rings. The molecule has 5 rings (SSSR count). The molecule has 1 saturated heterocycles. The number of likely N-dealkylation sites (N-methyl/N-ethyl adjacent to an activating group) is 1. The average Bonchev–Trinajstić information content (AvgIpc) is 3.33. The number of fused-ring (bicyclic) bond motifs is 1. The van der Waals surface area contributed by atoms with Gasteiger partial charge in [-0.15, -0.1) is 0 Å². The van der Waals surface area contributed by atoms with E-state index in [2.05, 4.69) is 42.6 Å². The van der Waals surface area contributed by atoms with Gasteiger partial charge in [-0.1, -0.05) is 0 Å². The minimum Gasteiger partial charge on any atom is -0.354 e. The number of H-pyrrole nitrogens is 3. The Morgan fingerprint density at radius 3 is 2.65 bits per heavy atom. The standard InChI is InChI=1S/C20H23N9OS/c1-12-9-17(26-24-12)21-16-11-18(29-7-5-28(2)6-8-29)23-20(22-16)31-13-3-4-14-15(10-13)25-27-19(14)30/h3-4,9-11H,5-8H2,1-2H3,(H2,25,27,30)(H2,21,22,23,24,26). The first kappa shape index (κ1) is 19.6. The van der Waals surface area contributed by atoms with Gasteiger partial charge < -0.3 is 15.1 Å². The molecule has 0 saturated carbocycles. The van der Waals surface area contributed by atoms with Crippen molar-refractivity contribution in [3.05, 3.63) is 46.4 Å². The van der Waals surface area contributed by atoms with Crippen LogP contribution in [0.15, 0.2) is 45.2 Å². The van der Waals surface area contributed by atoms with E-state index in [1.54, 1.807) is 0 Å². The fourth-order valence-electron chi connectivity index (χ4n) is 3.52. The van der Waals surface area contributed by atoms with Crippen molar-refractivity contribution in [3.8, 4) is 0 Å². The molecule has 0 amide bonds. The van der Waals surface area contributed by atoms with E-state index in [1.165, 1.54) is 11.8 Å². The quantitative estimate of drug-likeness (QED) is 0.351. The second kappa shape index (κ2) is 8.08. The van der Waals surface area contributed by atoms with Gasteiger partial charge in [0.15, 0.2) is 11.0 Å². The smallest absolute Gasteiger partial charge is 0.271 e. The SMILES string of the molecule is Cc1cc(Nc2cc(N3CCN(C)CC3)nc(Sc3ccc4c(=O)[nH][nH]c4c3)n2)n[nH]1. The van der Waals surface area contributed by atoms with Gasteiger partial charge in [-0.05, 0) is 43.9 Å². The second-order valence-electron chi connectivity index (χ2n) is 7.63. The number of hydrogen-bond donors (Lipinski definition) is 4. The molecule has 11 heteroatoms. The molecule has 0 unspecified atom stereocenters. The van der Waals surface area contributed by atoms with Crippen LogP contribution in [0.1, 0.15) is 5.69 Å². The Morgan fingerprint density at radius 2 is 1.87 bits per heavy atom. The molecule has 0 bridgehead atoms. The molecule has 10 nitrogen and oxygen atoms in total. The van der Waals surface area contributed by atoms with Crippen LogP contribution in [0.25, 0.3) is 10.9 Å². The number of aryl methyl sites for hydroxylation is 1. The van der Waals surface area contributed by atoms with E-state index in [0.717, 1.165) is 48.1 Å². The van der Waals surface area contributed by atoms with Crippen LogP contribution in [0.5, 0.6) is 0 Å². The third-order valence-electron chi connectivity index (χ3n) is 5.24. The Kier molecular flexibility index (Phi) is 5.12. The third-order valence-corrected chi connectivity index (χ3v) is 6.09. The maximum absolute atomic E-state index is 11.8. The number of nitrogens with one attached hydrogen (secondary N) is 4. The molecule has 1 aromatic carbocycles. The lowest BCUT2D eigenvalue weighted by molar-refractivity contribution is 0.312. The number of nitrogens with zero attached hydrogens (tertiary/aromatic N) is 5. The minimum absolute atomic E-state index is 0.124. The van der Waals surface area contributed by atoms with Crippen molar-refractivity contribution in [2.45, 2.75) is 17.0 Å². The van der Waals surface area contributed by atoms with Crippen molar-refractivity contribution in [1.82, 2.24) is 35.3 Å². The number of anilines is 3. The second-order valence-corrected chi connectivity index (χ2v) is 8.67. The zero-order valence-electron chi connectivity index (χ0n) is 17.3. The van der Waals surface area contributed by atoms with Crippen molar-refractivity contribution >= 4 is 40.1 Å². The van der Waals surface area contributed by atoms with E-state index in [1.807, 2.05) is 37.3 Å². The predicted octanol–water partition coefficient (Wildman–Crippen LogP) is 2.32. The zero-order valence-corrected chi connectivity index (χ0v) is 18.1. The largest absolute Gasteiger partial charge is 0.354 e. The third kappa shape index (κ3) is 4.28. The molecule has 4 heterocycles. The van der Waals surface area contributed by atoms with Crippen molar-refractivity contribution < 1.29 is 0 Å². The van der Waals surface area contributed by atoms with Crippen LogP contribution >= 0.6 is 11.8 Å². The Hall–Kier alpha value is -3.31. The predicted molar refractivity (Wildman–Crippen MR) is 121 cm³/mol. The summed E-state index contributed by atoms with van der Waals surface area (Å²) in [5, 5.41) is 17.2. The molecule has 0 spiro atoms. The number of aromatic nitrogens is 6. The zero-order chi connectivity index (χ0) is 21.4. The number of hydrogen-bond acceptors (Lipinski definition) is 8. The Bertz CT molecular complexity index is 1270. The van der Waals surface area contributed by atoms with E-state index >= 15 is 0 Å². The fourth-order valence-corrected chi connectivity index (χ4v) is 4.33. The summed E-state index contributed by atoms with van der Waals surface area (Å²) in [5.41, 5.74) is 1.61. The lowest BCUT2D eigenvalue weighted by Crippen LogP contribution is -2.44. The number of rotatable bonds is 5. The summed E-state index contributed by atoms with van der Waals surface area (Å²) in [6, 6.07) is 9.54. The van der Waals surface area contributed by atoms with Crippen LogP contribution in [0.2, 0.25) is 0 Å².